The fourth-order valence-electron chi connectivity index (χ4n) is 1.85. The molecule has 23 heavy (non-hydrogen) atoms. The first-order chi connectivity index (χ1) is 11.1. The molecule has 0 aliphatic heterocycles. The van der Waals surface area contributed by atoms with E-state index in [0.29, 0.717) is 0 Å². The van der Waals surface area contributed by atoms with E-state index in [9.17, 15) is 4.79 Å². The van der Waals surface area contributed by atoms with E-state index >= 15 is 0 Å². The summed E-state index contributed by atoms with van der Waals surface area (Å²) in [5.41, 5.74) is 1.11. The van der Waals surface area contributed by atoms with Crippen molar-refractivity contribution >= 4 is 39.2 Å². The Labute approximate surface area is 147 Å². The van der Waals surface area contributed by atoms with E-state index in [2.05, 4.69) is 15.9 Å². The van der Waals surface area contributed by atoms with Gasteiger partial charge in [-0.1, -0.05) is 28.1 Å². The molecular weight excluding hydrogens is 374 g/mol. The third kappa shape index (κ3) is 4.79. The quantitative estimate of drug-likeness (QED) is 0.575. The SMILES string of the molecule is N#CCN(CC#N)C(=O)C=Cc1ccc(-c2ccc(Br)cc2)s1. The molecule has 6 heteroatoms. The minimum absolute atomic E-state index is 0.0919. The maximum Gasteiger partial charge on any atom is 0.248 e. The Morgan fingerprint density at radius 2 is 1.78 bits per heavy atom. The number of hydrogen-bond donors (Lipinski definition) is 0. The maximum atomic E-state index is 11.9. The third-order valence-corrected chi connectivity index (χ3v) is 4.61. The van der Waals surface area contributed by atoms with E-state index in [1.807, 2.05) is 48.5 Å². The van der Waals surface area contributed by atoms with Crippen LogP contribution in [0.3, 0.4) is 0 Å². The molecule has 0 aliphatic rings. The van der Waals surface area contributed by atoms with Crippen LogP contribution in [0.25, 0.3) is 16.5 Å². The molecule has 0 spiro atoms. The monoisotopic (exact) mass is 385 g/mol. The number of nitrogens with zero attached hydrogens (tertiary/aromatic N) is 3. The summed E-state index contributed by atoms with van der Waals surface area (Å²) in [6.07, 6.45) is 3.10. The summed E-state index contributed by atoms with van der Waals surface area (Å²) in [6.45, 7) is -0.184. The summed E-state index contributed by atoms with van der Waals surface area (Å²) in [6, 6.07) is 15.7. The van der Waals surface area contributed by atoms with Gasteiger partial charge in [0.2, 0.25) is 5.91 Å². The lowest BCUT2D eigenvalue weighted by atomic mass is 10.2. The van der Waals surface area contributed by atoms with E-state index in [1.54, 1.807) is 17.4 Å². The Hall–Kier alpha value is -2.41. The van der Waals surface area contributed by atoms with Gasteiger partial charge in [-0.05, 0) is 35.9 Å². The highest BCUT2D eigenvalue weighted by Crippen LogP contribution is 2.29. The molecule has 1 amide bonds. The molecule has 0 aliphatic carbocycles. The van der Waals surface area contributed by atoms with Gasteiger partial charge in [0, 0.05) is 20.3 Å². The molecule has 1 aromatic carbocycles. The van der Waals surface area contributed by atoms with E-state index in [1.165, 1.54) is 11.0 Å². The molecule has 4 nitrogen and oxygen atoms in total. The Morgan fingerprint density at radius 3 is 2.39 bits per heavy atom. The molecule has 0 unspecified atom stereocenters. The number of amides is 1. The highest BCUT2D eigenvalue weighted by atomic mass is 79.9. The van der Waals surface area contributed by atoms with E-state index < -0.39 is 0 Å². The van der Waals surface area contributed by atoms with Gasteiger partial charge in [0.1, 0.15) is 13.1 Å². The van der Waals surface area contributed by atoms with Crippen molar-refractivity contribution in [1.82, 2.24) is 4.90 Å². The zero-order valence-electron chi connectivity index (χ0n) is 12.1. The smallest absolute Gasteiger partial charge is 0.248 e. The number of thiophene rings is 1. The molecule has 114 valence electrons. The first kappa shape index (κ1) is 17.0. The highest BCUT2D eigenvalue weighted by molar-refractivity contribution is 9.10. The first-order valence-corrected chi connectivity index (χ1v) is 8.31. The van der Waals surface area contributed by atoms with Gasteiger partial charge >= 0.3 is 0 Å². The normalized spacial score (nSPS) is 10.2. The second-order valence-electron chi connectivity index (χ2n) is 4.55. The number of benzene rings is 1. The number of hydrogen-bond acceptors (Lipinski definition) is 4. The molecule has 0 saturated heterocycles. The number of carbonyl (C=O) groups is 1. The molecule has 1 aromatic heterocycles. The zero-order valence-corrected chi connectivity index (χ0v) is 14.5. The van der Waals surface area contributed by atoms with Crippen LogP contribution in [-0.2, 0) is 4.79 Å². The molecule has 0 bridgehead atoms. The predicted molar refractivity (Wildman–Crippen MR) is 94.3 cm³/mol. The van der Waals surface area contributed by atoms with Crippen molar-refractivity contribution in [3.8, 4) is 22.6 Å². The molecule has 0 N–H and O–H groups in total. The van der Waals surface area contributed by atoms with Crippen LogP contribution in [0.15, 0.2) is 46.9 Å². The highest BCUT2D eigenvalue weighted by Gasteiger charge is 2.09. The summed E-state index contributed by atoms with van der Waals surface area (Å²) in [5, 5.41) is 17.3. The minimum atomic E-state index is -0.341. The van der Waals surface area contributed by atoms with Crippen LogP contribution in [0, 0.1) is 22.7 Å². The van der Waals surface area contributed by atoms with Gasteiger partial charge in [-0.3, -0.25) is 4.79 Å². The zero-order chi connectivity index (χ0) is 16.7. The molecule has 1 heterocycles. The number of carbonyl (C=O) groups excluding carboxylic acids is 1. The van der Waals surface area contributed by atoms with Crippen molar-refractivity contribution in [2.75, 3.05) is 13.1 Å². The van der Waals surface area contributed by atoms with E-state index in [4.69, 9.17) is 10.5 Å². The minimum Gasteiger partial charge on any atom is -0.313 e. The number of nitriles is 2. The van der Waals surface area contributed by atoms with Crippen LogP contribution in [0.2, 0.25) is 0 Å². The Morgan fingerprint density at radius 1 is 1.13 bits per heavy atom. The predicted octanol–water partition coefficient (Wildman–Crippen LogP) is 4.07. The summed E-state index contributed by atoms with van der Waals surface area (Å²) in [5.74, 6) is -0.341. The van der Waals surface area contributed by atoms with Crippen LogP contribution in [0.5, 0.6) is 0 Å². The second-order valence-corrected chi connectivity index (χ2v) is 6.58. The van der Waals surface area contributed by atoms with Gasteiger partial charge in [0.15, 0.2) is 0 Å². The van der Waals surface area contributed by atoms with Crippen molar-refractivity contribution in [1.29, 1.82) is 10.5 Å². The lowest BCUT2D eigenvalue weighted by Gasteiger charge is -2.12. The van der Waals surface area contributed by atoms with Gasteiger partial charge in [-0.25, -0.2) is 0 Å². The van der Waals surface area contributed by atoms with Crippen LogP contribution in [-0.4, -0.2) is 23.9 Å². The average molecular weight is 386 g/mol. The topological polar surface area (TPSA) is 67.9 Å². The van der Waals surface area contributed by atoms with Gasteiger partial charge in [-0.2, -0.15) is 10.5 Å². The maximum absolute atomic E-state index is 11.9. The summed E-state index contributed by atoms with van der Waals surface area (Å²) >= 11 is 4.98. The van der Waals surface area contributed by atoms with Crippen molar-refractivity contribution < 1.29 is 4.79 Å². The van der Waals surface area contributed by atoms with Crippen molar-refractivity contribution in [2.24, 2.45) is 0 Å². The molecule has 0 saturated carbocycles. The fourth-order valence-corrected chi connectivity index (χ4v) is 3.03. The van der Waals surface area contributed by atoms with Gasteiger partial charge in [-0.15, -0.1) is 11.3 Å². The lowest BCUT2D eigenvalue weighted by Crippen LogP contribution is -2.30. The first-order valence-electron chi connectivity index (χ1n) is 6.70. The van der Waals surface area contributed by atoms with E-state index in [0.717, 1.165) is 19.8 Å². The lowest BCUT2D eigenvalue weighted by molar-refractivity contribution is -0.124. The Bertz CT molecular complexity index is 780. The third-order valence-electron chi connectivity index (χ3n) is 2.98. The van der Waals surface area contributed by atoms with Crippen LogP contribution < -0.4 is 0 Å². The molecule has 2 aromatic rings. The fraction of sp³-hybridized carbons (Fsp3) is 0.118. The second kappa shape index (κ2) is 8.28. The average Bonchev–Trinajstić information content (AvgIpc) is 3.02. The molecule has 0 atom stereocenters. The van der Waals surface area contributed by atoms with Crippen molar-refractivity contribution in [3.05, 3.63) is 51.8 Å². The number of halogens is 1. The molecule has 2 rings (SSSR count). The summed E-state index contributed by atoms with van der Waals surface area (Å²) < 4.78 is 1.03. The summed E-state index contributed by atoms with van der Waals surface area (Å²) in [4.78, 5) is 15.2. The van der Waals surface area contributed by atoms with Crippen molar-refractivity contribution in [2.45, 2.75) is 0 Å². The Kier molecular flexibility index (Phi) is 6.10. The van der Waals surface area contributed by atoms with Gasteiger partial charge in [0.05, 0.1) is 12.1 Å². The largest absolute Gasteiger partial charge is 0.313 e. The molecular formula is C17H12BrN3OS. The van der Waals surface area contributed by atoms with Gasteiger partial charge < -0.3 is 4.90 Å². The standard InChI is InChI=1S/C17H12BrN3OS/c18-14-3-1-13(2-4-14)16-7-5-15(23-16)6-8-17(22)21(11-9-19)12-10-20/h1-8H,11-12H2. The summed E-state index contributed by atoms with van der Waals surface area (Å²) in [7, 11) is 0. The number of rotatable bonds is 5. The van der Waals surface area contributed by atoms with Crippen LogP contribution in [0.4, 0.5) is 0 Å². The van der Waals surface area contributed by atoms with Gasteiger partial charge in [0.25, 0.3) is 0 Å². The molecule has 0 radical (unpaired) electrons. The van der Waals surface area contributed by atoms with E-state index in [-0.39, 0.29) is 19.0 Å². The van der Waals surface area contributed by atoms with Crippen LogP contribution >= 0.6 is 27.3 Å². The van der Waals surface area contributed by atoms with Crippen LogP contribution in [0.1, 0.15) is 4.88 Å². The van der Waals surface area contributed by atoms with Crippen molar-refractivity contribution in [3.63, 3.8) is 0 Å². The molecule has 0 fully saturated rings. The Balaban J connectivity index is 2.09.